The molecule has 0 aliphatic carbocycles. The average Bonchev–Trinajstić information content (AvgIpc) is 3.60. The van der Waals surface area contributed by atoms with Gasteiger partial charge in [-0.1, -0.05) is 18.2 Å². The van der Waals surface area contributed by atoms with Crippen LogP contribution in [0.25, 0.3) is 27.6 Å². The van der Waals surface area contributed by atoms with Crippen molar-refractivity contribution in [3.8, 4) is 0 Å². The first-order valence-electron chi connectivity index (χ1n) is 13.3. The molecule has 1 aliphatic heterocycles. The van der Waals surface area contributed by atoms with Gasteiger partial charge in [-0.25, -0.2) is 19.7 Å². The fourth-order valence-electron chi connectivity index (χ4n) is 5.00. The lowest BCUT2D eigenvalue weighted by molar-refractivity contribution is 0.0270. The van der Waals surface area contributed by atoms with Gasteiger partial charge in [-0.2, -0.15) is 0 Å². The molecule has 4 N–H and O–H groups in total. The van der Waals surface area contributed by atoms with E-state index in [1.165, 1.54) is 6.33 Å². The van der Waals surface area contributed by atoms with Crippen molar-refractivity contribution in [3.05, 3.63) is 78.5 Å². The number of primary amides is 1. The second-order valence-electron chi connectivity index (χ2n) is 10.9. The van der Waals surface area contributed by atoms with Crippen molar-refractivity contribution >= 4 is 56.8 Å². The van der Waals surface area contributed by atoms with Gasteiger partial charge in [0.25, 0.3) is 5.91 Å². The molecule has 0 saturated carbocycles. The summed E-state index contributed by atoms with van der Waals surface area (Å²) in [5, 5.41) is 0.766. The van der Waals surface area contributed by atoms with E-state index in [2.05, 4.69) is 24.9 Å². The van der Waals surface area contributed by atoms with Crippen LogP contribution >= 0.6 is 0 Å². The molecule has 5 aromatic rings. The van der Waals surface area contributed by atoms with Crippen LogP contribution < -0.4 is 10.6 Å². The summed E-state index contributed by atoms with van der Waals surface area (Å²) in [5.41, 5.74) is 11.2. The Hall–Kier alpha value is -5.19. The summed E-state index contributed by atoms with van der Waals surface area (Å²) in [7, 11) is 0. The molecule has 0 spiro atoms. The first-order chi connectivity index (χ1) is 19.7. The van der Waals surface area contributed by atoms with Crippen LogP contribution in [-0.4, -0.2) is 60.5 Å². The lowest BCUT2D eigenvalue weighted by Gasteiger charge is -2.29. The molecule has 6 rings (SSSR count). The second kappa shape index (κ2) is 10.1. The summed E-state index contributed by atoms with van der Waals surface area (Å²) in [6.45, 7) is 6.56. The van der Waals surface area contributed by atoms with Crippen LogP contribution in [-0.2, 0) is 4.74 Å². The van der Waals surface area contributed by atoms with Crippen molar-refractivity contribution in [2.75, 3.05) is 18.0 Å². The highest BCUT2D eigenvalue weighted by atomic mass is 16.6. The highest BCUT2D eigenvalue weighted by Gasteiger charge is 2.26. The van der Waals surface area contributed by atoms with Gasteiger partial charge < -0.3 is 25.3 Å². The molecule has 11 nitrogen and oxygen atoms in total. The summed E-state index contributed by atoms with van der Waals surface area (Å²) >= 11 is 0. The van der Waals surface area contributed by atoms with Crippen molar-refractivity contribution in [3.63, 3.8) is 0 Å². The maximum Gasteiger partial charge on any atom is 0.410 e. The molecule has 11 heteroatoms. The third-order valence-corrected chi connectivity index (χ3v) is 6.90. The third-order valence-electron chi connectivity index (χ3n) is 6.90. The van der Waals surface area contributed by atoms with E-state index >= 15 is 0 Å². The fraction of sp³-hybridized carbons (Fsp3) is 0.233. The minimum absolute atomic E-state index is 0.324. The Morgan fingerprint density at radius 1 is 1.07 bits per heavy atom. The number of H-pyrrole nitrogens is 2. The first-order valence-corrected chi connectivity index (χ1v) is 13.3. The number of nitrogens with one attached hydrogen (secondary N) is 2. The molecule has 0 fully saturated rings. The van der Waals surface area contributed by atoms with Gasteiger partial charge in [-0.15, -0.1) is 0 Å². The van der Waals surface area contributed by atoms with Gasteiger partial charge >= 0.3 is 6.09 Å². The van der Waals surface area contributed by atoms with E-state index in [9.17, 15) is 9.59 Å². The number of anilines is 3. The number of imidazole rings is 1. The van der Waals surface area contributed by atoms with Crippen LogP contribution in [0.2, 0.25) is 0 Å². The second-order valence-corrected chi connectivity index (χ2v) is 10.9. The summed E-state index contributed by atoms with van der Waals surface area (Å²) in [5.74, 6) is 0.0343. The largest absolute Gasteiger partial charge is 0.444 e. The molecule has 0 saturated heterocycles. The highest BCUT2D eigenvalue weighted by Crippen LogP contribution is 2.40. The number of nitrogens with two attached hydrogens (primary N) is 1. The van der Waals surface area contributed by atoms with Crippen LogP contribution in [0.5, 0.6) is 0 Å². The number of aromatic nitrogens is 5. The van der Waals surface area contributed by atoms with E-state index in [0.29, 0.717) is 42.2 Å². The molecule has 0 radical (unpaired) electrons. The molecule has 0 unspecified atom stereocenters. The number of amides is 2. The Labute approximate surface area is 236 Å². The zero-order chi connectivity index (χ0) is 28.7. The zero-order valence-corrected chi connectivity index (χ0v) is 23.0. The average molecular weight is 551 g/mol. The van der Waals surface area contributed by atoms with Gasteiger partial charge in [0.05, 0.1) is 34.0 Å². The minimum Gasteiger partial charge on any atom is -0.444 e. The molecule has 4 heterocycles. The molecule has 2 aromatic carbocycles. The summed E-state index contributed by atoms with van der Waals surface area (Å²) in [6.07, 6.45) is 5.48. The maximum absolute atomic E-state index is 12.5. The summed E-state index contributed by atoms with van der Waals surface area (Å²) in [6, 6.07) is 15.0. The van der Waals surface area contributed by atoms with Gasteiger partial charge in [0.1, 0.15) is 17.6 Å². The number of aromatic amines is 2. The Bertz CT molecular complexity index is 1810. The molecule has 0 atom stereocenters. The Balaban J connectivity index is 1.42. The standard InChI is InChI=1S/C30H30N8O3/c1-30(2,3)41-29(40)37-12-10-18(11-13-37)23-15-21-27(36-23)34-17-35-28(21)38(25-7-5-4-6-20(25)26(31)39)19-8-9-22-24(14-19)33-16-32-22/h4-10,14-17H,11-13H2,1-3H3,(H2,31,39)(H,32,33)(H,34,35,36). The third kappa shape index (κ3) is 5.09. The van der Waals surface area contributed by atoms with E-state index in [1.807, 2.05) is 68.1 Å². The summed E-state index contributed by atoms with van der Waals surface area (Å²) in [4.78, 5) is 48.7. The van der Waals surface area contributed by atoms with Gasteiger partial charge in [-0.05, 0) is 69.2 Å². The van der Waals surface area contributed by atoms with Gasteiger partial charge in [0, 0.05) is 24.5 Å². The molecule has 3 aromatic heterocycles. The molecule has 1 aliphatic rings. The van der Waals surface area contributed by atoms with Crippen LogP contribution in [0, 0.1) is 0 Å². The first kappa shape index (κ1) is 26.1. The molecule has 41 heavy (non-hydrogen) atoms. The van der Waals surface area contributed by atoms with Crippen molar-refractivity contribution in [2.45, 2.75) is 32.8 Å². The SMILES string of the molecule is CC(C)(C)OC(=O)N1CC=C(c2cc3c(N(c4ccc5nc[nH]c5c4)c4ccccc4C(N)=O)ncnc3[nH]2)CC1. The maximum atomic E-state index is 12.5. The fourth-order valence-corrected chi connectivity index (χ4v) is 5.00. The van der Waals surface area contributed by atoms with Crippen LogP contribution in [0.15, 0.2) is 67.3 Å². The number of para-hydroxylation sites is 1. The Kier molecular flexibility index (Phi) is 6.41. The zero-order valence-electron chi connectivity index (χ0n) is 23.0. The molecule has 2 amide bonds. The number of rotatable bonds is 5. The van der Waals surface area contributed by atoms with Crippen LogP contribution in [0.4, 0.5) is 22.0 Å². The van der Waals surface area contributed by atoms with Crippen LogP contribution in [0.3, 0.4) is 0 Å². The topological polar surface area (TPSA) is 146 Å². The van der Waals surface area contributed by atoms with Gasteiger partial charge in [-0.3, -0.25) is 9.69 Å². The monoisotopic (exact) mass is 550 g/mol. The van der Waals surface area contributed by atoms with Crippen molar-refractivity contribution in [1.29, 1.82) is 0 Å². The number of carbonyl (C=O) groups is 2. The predicted molar refractivity (Wildman–Crippen MR) is 157 cm³/mol. The quantitative estimate of drug-likeness (QED) is 0.265. The Morgan fingerprint density at radius 2 is 1.90 bits per heavy atom. The van der Waals surface area contributed by atoms with Crippen LogP contribution in [0.1, 0.15) is 43.2 Å². The highest BCUT2D eigenvalue weighted by molar-refractivity contribution is 6.04. The van der Waals surface area contributed by atoms with E-state index in [-0.39, 0.29) is 6.09 Å². The number of carbonyl (C=O) groups excluding carboxylic acids is 2. The van der Waals surface area contributed by atoms with Crippen molar-refractivity contribution < 1.29 is 14.3 Å². The van der Waals surface area contributed by atoms with Crippen molar-refractivity contribution in [1.82, 2.24) is 29.8 Å². The van der Waals surface area contributed by atoms with E-state index in [4.69, 9.17) is 10.5 Å². The van der Waals surface area contributed by atoms with Gasteiger partial charge in [0.15, 0.2) is 5.82 Å². The number of ether oxygens (including phenoxy) is 1. The lowest BCUT2D eigenvalue weighted by Crippen LogP contribution is -2.39. The summed E-state index contributed by atoms with van der Waals surface area (Å²) < 4.78 is 5.53. The van der Waals surface area contributed by atoms with Gasteiger partial charge in [0.2, 0.25) is 0 Å². The normalized spacial score (nSPS) is 13.8. The molecular weight excluding hydrogens is 520 g/mol. The molecule has 0 bridgehead atoms. The minimum atomic E-state index is -0.547. The van der Waals surface area contributed by atoms with E-state index < -0.39 is 11.5 Å². The number of hydrogen-bond donors (Lipinski definition) is 3. The smallest absolute Gasteiger partial charge is 0.410 e. The Morgan fingerprint density at radius 3 is 2.66 bits per heavy atom. The number of fused-ring (bicyclic) bond motifs is 2. The predicted octanol–water partition coefficient (Wildman–Crippen LogP) is 5.43. The van der Waals surface area contributed by atoms with Crippen molar-refractivity contribution in [2.24, 2.45) is 5.73 Å². The number of nitrogens with zero attached hydrogens (tertiary/aromatic N) is 5. The lowest BCUT2D eigenvalue weighted by atomic mass is 10.0. The number of benzene rings is 2. The number of hydrogen-bond acceptors (Lipinski definition) is 7. The van der Waals surface area contributed by atoms with E-state index in [1.54, 1.807) is 23.4 Å². The van der Waals surface area contributed by atoms with E-state index in [0.717, 1.165) is 33.4 Å². The molecular formula is C30H30N8O3. The molecule has 208 valence electrons.